The number of amides is 1. The number of nitrogens with zero attached hydrogens (tertiary/aromatic N) is 1. The SMILES string of the molecule is CCOc1ccc(C(=O)Nc2ccc(CN3CCCC3)cc2)cc1. The summed E-state index contributed by atoms with van der Waals surface area (Å²) in [7, 11) is 0. The van der Waals surface area contributed by atoms with Gasteiger partial charge in [0.05, 0.1) is 6.61 Å². The van der Waals surface area contributed by atoms with Gasteiger partial charge in [-0.05, 0) is 74.8 Å². The Kier molecular flexibility index (Phi) is 5.49. The Bertz CT molecular complexity index is 659. The lowest BCUT2D eigenvalue weighted by Gasteiger charge is -2.14. The molecule has 0 spiro atoms. The summed E-state index contributed by atoms with van der Waals surface area (Å²) in [5.74, 6) is 0.672. The summed E-state index contributed by atoms with van der Waals surface area (Å²) in [5.41, 5.74) is 2.73. The lowest BCUT2D eigenvalue weighted by Crippen LogP contribution is -2.18. The molecule has 0 unspecified atom stereocenters. The molecule has 1 fully saturated rings. The lowest BCUT2D eigenvalue weighted by molar-refractivity contribution is 0.102. The van der Waals surface area contributed by atoms with E-state index in [4.69, 9.17) is 4.74 Å². The number of carbonyl (C=O) groups excluding carboxylic acids is 1. The molecule has 1 amide bonds. The highest BCUT2D eigenvalue weighted by atomic mass is 16.5. The van der Waals surface area contributed by atoms with Crippen molar-refractivity contribution < 1.29 is 9.53 Å². The second-order valence-corrected chi connectivity index (χ2v) is 6.09. The maximum atomic E-state index is 12.3. The number of ether oxygens (including phenoxy) is 1. The van der Waals surface area contributed by atoms with Crippen LogP contribution in [-0.2, 0) is 6.54 Å². The Labute approximate surface area is 143 Å². The molecule has 24 heavy (non-hydrogen) atoms. The molecule has 0 aromatic heterocycles. The quantitative estimate of drug-likeness (QED) is 0.875. The number of benzene rings is 2. The van der Waals surface area contributed by atoms with Crippen LogP contribution in [0.3, 0.4) is 0 Å². The Morgan fingerprint density at radius 2 is 1.71 bits per heavy atom. The molecular weight excluding hydrogens is 300 g/mol. The van der Waals surface area contributed by atoms with Crippen molar-refractivity contribution in [2.75, 3.05) is 25.0 Å². The van der Waals surface area contributed by atoms with Crippen molar-refractivity contribution >= 4 is 11.6 Å². The molecule has 1 aliphatic heterocycles. The number of anilines is 1. The molecule has 1 N–H and O–H groups in total. The molecule has 0 bridgehead atoms. The van der Waals surface area contributed by atoms with Gasteiger partial charge in [0, 0.05) is 17.8 Å². The first-order valence-electron chi connectivity index (χ1n) is 8.60. The topological polar surface area (TPSA) is 41.6 Å². The van der Waals surface area contributed by atoms with Crippen molar-refractivity contribution in [3.05, 3.63) is 59.7 Å². The van der Waals surface area contributed by atoms with Gasteiger partial charge in [0.2, 0.25) is 0 Å². The van der Waals surface area contributed by atoms with E-state index in [1.54, 1.807) is 12.1 Å². The van der Waals surface area contributed by atoms with Gasteiger partial charge in [-0.2, -0.15) is 0 Å². The number of carbonyl (C=O) groups is 1. The zero-order valence-electron chi connectivity index (χ0n) is 14.1. The monoisotopic (exact) mass is 324 g/mol. The Balaban J connectivity index is 1.57. The number of hydrogen-bond acceptors (Lipinski definition) is 3. The maximum absolute atomic E-state index is 12.3. The average Bonchev–Trinajstić information content (AvgIpc) is 3.10. The van der Waals surface area contributed by atoms with Crippen LogP contribution in [0.4, 0.5) is 5.69 Å². The van der Waals surface area contributed by atoms with Crippen molar-refractivity contribution in [1.29, 1.82) is 0 Å². The van der Waals surface area contributed by atoms with Crippen LogP contribution in [0, 0.1) is 0 Å². The third-order valence-corrected chi connectivity index (χ3v) is 4.24. The molecule has 126 valence electrons. The van der Waals surface area contributed by atoms with Crippen LogP contribution in [0.5, 0.6) is 5.75 Å². The van der Waals surface area contributed by atoms with Gasteiger partial charge in [0.15, 0.2) is 0 Å². The summed E-state index contributed by atoms with van der Waals surface area (Å²) in [5, 5.41) is 2.94. The number of nitrogens with one attached hydrogen (secondary N) is 1. The molecule has 0 aliphatic carbocycles. The van der Waals surface area contributed by atoms with Crippen molar-refractivity contribution in [1.82, 2.24) is 4.90 Å². The Morgan fingerprint density at radius 1 is 1.04 bits per heavy atom. The van der Waals surface area contributed by atoms with E-state index in [-0.39, 0.29) is 5.91 Å². The fraction of sp³-hybridized carbons (Fsp3) is 0.350. The predicted molar refractivity (Wildman–Crippen MR) is 96.5 cm³/mol. The Morgan fingerprint density at radius 3 is 2.33 bits per heavy atom. The van der Waals surface area contributed by atoms with Crippen LogP contribution < -0.4 is 10.1 Å². The summed E-state index contributed by atoms with van der Waals surface area (Å²) in [4.78, 5) is 14.8. The van der Waals surface area contributed by atoms with Crippen molar-refractivity contribution in [2.24, 2.45) is 0 Å². The largest absolute Gasteiger partial charge is 0.494 e. The van der Waals surface area contributed by atoms with Gasteiger partial charge in [-0.3, -0.25) is 9.69 Å². The first-order valence-corrected chi connectivity index (χ1v) is 8.60. The average molecular weight is 324 g/mol. The number of rotatable bonds is 6. The van der Waals surface area contributed by atoms with Crippen molar-refractivity contribution in [3.8, 4) is 5.75 Å². The summed E-state index contributed by atoms with van der Waals surface area (Å²) >= 11 is 0. The van der Waals surface area contributed by atoms with Gasteiger partial charge in [0.1, 0.15) is 5.75 Å². The van der Waals surface area contributed by atoms with E-state index in [0.717, 1.165) is 18.0 Å². The van der Waals surface area contributed by atoms with Gasteiger partial charge in [-0.25, -0.2) is 0 Å². The van der Waals surface area contributed by atoms with E-state index in [2.05, 4.69) is 22.3 Å². The molecule has 0 saturated carbocycles. The minimum Gasteiger partial charge on any atom is -0.494 e. The highest BCUT2D eigenvalue weighted by Gasteiger charge is 2.12. The van der Waals surface area contributed by atoms with Crippen LogP contribution in [-0.4, -0.2) is 30.5 Å². The minimum atomic E-state index is -0.106. The van der Waals surface area contributed by atoms with Gasteiger partial charge in [-0.15, -0.1) is 0 Å². The van der Waals surface area contributed by atoms with Crippen LogP contribution in [0.2, 0.25) is 0 Å². The van der Waals surface area contributed by atoms with Crippen LogP contribution >= 0.6 is 0 Å². The zero-order valence-corrected chi connectivity index (χ0v) is 14.1. The Hall–Kier alpha value is -2.33. The van der Waals surface area contributed by atoms with E-state index < -0.39 is 0 Å². The standard InChI is InChI=1S/C20H24N2O2/c1-2-24-19-11-7-17(8-12-19)20(23)21-18-9-5-16(6-10-18)15-22-13-3-4-14-22/h5-12H,2-4,13-15H2,1H3,(H,21,23). The second-order valence-electron chi connectivity index (χ2n) is 6.09. The van der Waals surface area contributed by atoms with E-state index in [0.29, 0.717) is 12.2 Å². The summed E-state index contributed by atoms with van der Waals surface area (Å²) < 4.78 is 5.39. The number of likely N-dealkylation sites (tertiary alicyclic amines) is 1. The minimum absolute atomic E-state index is 0.106. The van der Waals surface area contributed by atoms with Gasteiger partial charge < -0.3 is 10.1 Å². The van der Waals surface area contributed by atoms with E-state index in [1.165, 1.54) is 31.5 Å². The van der Waals surface area contributed by atoms with Crippen molar-refractivity contribution in [2.45, 2.75) is 26.3 Å². The summed E-state index contributed by atoms with van der Waals surface area (Å²) in [6.07, 6.45) is 2.60. The summed E-state index contributed by atoms with van der Waals surface area (Å²) in [6, 6.07) is 15.3. The van der Waals surface area contributed by atoms with Crippen molar-refractivity contribution in [3.63, 3.8) is 0 Å². The van der Waals surface area contributed by atoms with Gasteiger partial charge in [0.25, 0.3) is 5.91 Å². The molecule has 2 aromatic carbocycles. The molecule has 4 heteroatoms. The maximum Gasteiger partial charge on any atom is 0.255 e. The molecule has 4 nitrogen and oxygen atoms in total. The van der Waals surface area contributed by atoms with Gasteiger partial charge >= 0.3 is 0 Å². The van der Waals surface area contributed by atoms with Crippen LogP contribution in [0.15, 0.2) is 48.5 Å². The fourth-order valence-electron chi connectivity index (χ4n) is 2.96. The third kappa shape index (κ3) is 4.36. The van der Waals surface area contributed by atoms with E-state index >= 15 is 0 Å². The zero-order chi connectivity index (χ0) is 16.8. The van der Waals surface area contributed by atoms with Crippen LogP contribution in [0.25, 0.3) is 0 Å². The normalized spacial score (nSPS) is 14.5. The van der Waals surface area contributed by atoms with E-state index in [9.17, 15) is 4.79 Å². The smallest absolute Gasteiger partial charge is 0.255 e. The number of hydrogen-bond donors (Lipinski definition) is 1. The highest BCUT2D eigenvalue weighted by Crippen LogP contribution is 2.17. The molecular formula is C20H24N2O2. The molecule has 0 atom stereocenters. The first kappa shape index (κ1) is 16.5. The first-order chi connectivity index (χ1) is 11.7. The molecule has 2 aromatic rings. The second kappa shape index (κ2) is 7.97. The fourth-order valence-corrected chi connectivity index (χ4v) is 2.96. The molecule has 1 saturated heterocycles. The van der Waals surface area contributed by atoms with Gasteiger partial charge in [-0.1, -0.05) is 12.1 Å². The van der Waals surface area contributed by atoms with Crippen LogP contribution in [0.1, 0.15) is 35.7 Å². The highest BCUT2D eigenvalue weighted by molar-refractivity contribution is 6.04. The molecule has 0 radical (unpaired) electrons. The molecule has 1 heterocycles. The lowest BCUT2D eigenvalue weighted by atomic mass is 10.1. The third-order valence-electron chi connectivity index (χ3n) is 4.24. The summed E-state index contributed by atoms with van der Waals surface area (Å²) in [6.45, 7) is 5.93. The predicted octanol–water partition coefficient (Wildman–Crippen LogP) is 3.93. The molecule has 3 rings (SSSR count). The van der Waals surface area contributed by atoms with E-state index in [1.807, 2.05) is 31.2 Å². The molecule has 1 aliphatic rings.